The molecule has 0 aliphatic carbocycles. The Labute approximate surface area is 200 Å². The summed E-state index contributed by atoms with van der Waals surface area (Å²) in [5.41, 5.74) is 3.00. The third kappa shape index (κ3) is 5.64. The SMILES string of the molecule is CCOC(=O)CCC(=O)N1CCc2nc(Cc3ccccc3OC)nc(N3CCOCC3)c2C1. The van der Waals surface area contributed by atoms with E-state index in [9.17, 15) is 9.59 Å². The van der Waals surface area contributed by atoms with E-state index in [4.69, 9.17) is 24.2 Å². The maximum absolute atomic E-state index is 12.8. The van der Waals surface area contributed by atoms with Gasteiger partial charge in [0.2, 0.25) is 5.91 Å². The quantitative estimate of drug-likeness (QED) is 0.544. The van der Waals surface area contributed by atoms with Crippen LogP contribution in [-0.4, -0.2) is 73.3 Å². The maximum Gasteiger partial charge on any atom is 0.306 e. The molecule has 0 unspecified atom stereocenters. The molecule has 1 aromatic heterocycles. The predicted molar refractivity (Wildman–Crippen MR) is 126 cm³/mol. The molecule has 2 aliphatic rings. The molecule has 34 heavy (non-hydrogen) atoms. The molecule has 0 atom stereocenters. The molecule has 3 heterocycles. The third-order valence-electron chi connectivity index (χ3n) is 6.14. The Kier molecular flexibility index (Phi) is 7.95. The number of carbonyl (C=O) groups excluding carboxylic acids is 2. The van der Waals surface area contributed by atoms with E-state index in [0.29, 0.717) is 45.8 Å². The van der Waals surface area contributed by atoms with E-state index in [-0.39, 0.29) is 24.7 Å². The van der Waals surface area contributed by atoms with Crippen molar-refractivity contribution in [3.05, 3.63) is 46.9 Å². The van der Waals surface area contributed by atoms with Gasteiger partial charge in [0.1, 0.15) is 17.4 Å². The molecule has 9 nitrogen and oxygen atoms in total. The van der Waals surface area contributed by atoms with Gasteiger partial charge in [0.05, 0.1) is 45.6 Å². The number of rotatable bonds is 8. The monoisotopic (exact) mass is 468 g/mol. The van der Waals surface area contributed by atoms with Gasteiger partial charge in [-0.1, -0.05) is 18.2 Å². The minimum atomic E-state index is -0.341. The molecular formula is C25H32N4O5. The first kappa shape index (κ1) is 23.9. The van der Waals surface area contributed by atoms with Crippen LogP contribution in [0.3, 0.4) is 0 Å². The Morgan fingerprint density at radius 3 is 2.65 bits per heavy atom. The molecule has 9 heteroatoms. The minimum Gasteiger partial charge on any atom is -0.496 e. The first-order valence-corrected chi connectivity index (χ1v) is 11.9. The molecular weight excluding hydrogens is 436 g/mol. The van der Waals surface area contributed by atoms with Gasteiger partial charge in [0.15, 0.2) is 0 Å². The fourth-order valence-electron chi connectivity index (χ4n) is 4.39. The normalized spacial score (nSPS) is 15.6. The summed E-state index contributed by atoms with van der Waals surface area (Å²) in [5, 5.41) is 0. The van der Waals surface area contributed by atoms with E-state index < -0.39 is 0 Å². The van der Waals surface area contributed by atoms with Gasteiger partial charge in [-0.05, 0) is 13.0 Å². The molecule has 0 bridgehead atoms. The molecule has 0 spiro atoms. The number of benzene rings is 1. The predicted octanol–water partition coefficient (Wildman–Crippen LogP) is 2.14. The molecule has 1 saturated heterocycles. The van der Waals surface area contributed by atoms with Gasteiger partial charge in [0, 0.05) is 50.0 Å². The summed E-state index contributed by atoms with van der Waals surface area (Å²) in [5.74, 6) is 2.04. The molecule has 2 aromatic rings. The summed E-state index contributed by atoms with van der Waals surface area (Å²) in [6.07, 6.45) is 1.46. The summed E-state index contributed by atoms with van der Waals surface area (Å²) in [4.78, 5) is 38.4. The van der Waals surface area contributed by atoms with Crippen molar-refractivity contribution in [2.75, 3.05) is 51.5 Å². The number of morpholine rings is 1. The van der Waals surface area contributed by atoms with Crippen molar-refractivity contribution in [3.8, 4) is 5.75 Å². The number of ether oxygens (including phenoxy) is 3. The van der Waals surface area contributed by atoms with Crippen LogP contribution in [0.4, 0.5) is 5.82 Å². The molecule has 0 N–H and O–H groups in total. The highest BCUT2D eigenvalue weighted by atomic mass is 16.5. The fourth-order valence-corrected chi connectivity index (χ4v) is 4.39. The van der Waals surface area contributed by atoms with E-state index in [1.165, 1.54) is 0 Å². The number of nitrogens with zero attached hydrogens (tertiary/aromatic N) is 4. The zero-order chi connectivity index (χ0) is 23.9. The molecule has 1 fully saturated rings. The number of hydrogen-bond acceptors (Lipinski definition) is 8. The lowest BCUT2D eigenvalue weighted by Gasteiger charge is -2.34. The Balaban J connectivity index is 1.58. The number of hydrogen-bond donors (Lipinski definition) is 0. The number of anilines is 1. The van der Waals surface area contributed by atoms with E-state index >= 15 is 0 Å². The van der Waals surface area contributed by atoms with Crippen molar-refractivity contribution < 1.29 is 23.8 Å². The first-order valence-electron chi connectivity index (χ1n) is 11.9. The molecule has 1 aromatic carbocycles. The highest BCUT2D eigenvalue weighted by Gasteiger charge is 2.28. The standard InChI is InChI=1S/C25H32N4O5/c1-3-34-24(31)9-8-23(30)29-11-10-20-19(17-29)25(28-12-14-33-15-13-28)27-22(26-20)16-18-6-4-5-7-21(18)32-2/h4-7H,3,8-17H2,1-2H3. The molecule has 4 rings (SSSR count). The summed E-state index contributed by atoms with van der Waals surface area (Å²) in [6, 6.07) is 7.90. The number of para-hydroxylation sites is 1. The average molecular weight is 469 g/mol. The molecule has 182 valence electrons. The lowest BCUT2D eigenvalue weighted by atomic mass is 10.0. The van der Waals surface area contributed by atoms with Crippen LogP contribution in [0, 0.1) is 0 Å². The summed E-state index contributed by atoms with van der Waals surface area (Å²) in [7, 11) is 1.67. The van der Waals surface area contributed by atoms with Gasteiger partial charge in [-0.25, -0.2) is 9.97 Å². The zero-order valence-electron chi connectivity index (χ0n) is 19.9. The summed E-state index contributed by atoms with van der Waals surface area (Å²) in [6.45, 7) is 5.87. The van der Waals surface area contributed by atoms with Gasteiger partial charge in [0.25, 0.3) is 0 Å². The Morgan fingerprint density at radius 2 is 1.88 bits per heavy atom. The molecule has 0 radical (unpaired) electrons. The number of esters is 1. The van der Waals surface area contributed by atoms with Crippen LogP contribution in [0.2, 0.25) is 0 Å². The van der Waals surface area contributed by atoms with Crippen LogP contribution >= 0.6 is 0 Å². The van der Waals surface area contributed by atoms with Crippen molar-refractivity contribution in [2.45, 2.75) is 39.2 Å². The zero-order valence-corrected chi connectivity index (χ0v) is 19.9. The number of carbonyl (C=O) groups is 2. The van der Waals surface area contributed by atoms with Gasteiger partial charge in [-0.3, -0.25) is 9.59 Å². The van der Waals surface area contributed by atoms with Crippen LogP contribution in [-0.2, 0) is 38.4 Å². The summed E-state index contributed by atoms with van der Waals surface area (Å²) >= 11 is 0. The lowest BCUT2D eigenvalue weighted by molar-refractivity contribution is -0.145. The average Bonchev–Trinajstić information content (AvgIpc) is 2.87. The maximum atomic E-state index is 12.8. The van der Waals surface area contributed by atoms with E-state index in [1.54, 1.807) is 18.9 Å². The smallest absolute Gasteiger partial charge is 0.306 e. The first-order chi connectivity index (χ1) is 16.6. The van der Waals surface area contributed by atoms with Crippen LogP contribution in [0.25, 0.3) is 0 Å². The van der Waals surface area contributed by atoms with Crippen LogP contribution < -0.4 is 9.64 Å². The Bertz CT molecular complexity index is 1020. The van der Waals surface area contributed by atoms with Crippen LogP contribution in [0.5, 0.6) is 5.75 Å². The molecule has 0 saturated carbocycles. The lowest BCUT2D eigenvalue weighted by Crippen LogP contribution is -2.41. The van der Waals surface area contributed by atoms with Crippen LogP contribution in [0.15, 0.2) is 24.3 Å². The van der Waals surface area contributed by atoms with E-state index in [1.807, 2.05) is 24.3 Å². The molecule has 1 amide bonds. The topological polar surface area (TPSA) is 94.1 Å². The highest BCUT2D eigenvalue weighted by molar-refractivity contribution is 5.81. The van der Waals surface area contributed by atoms with Crippen molar-refractivity contribution in [1.82, 2.24) is 14.9 Å². The summed E-state index contributed by atoms with van der Waals surface area (Å²) < 4.78 is 16.0. The van der Waals surface area contributed by atoms with Gasteiger partial charge in [-0.2, -0.15) is 0 Å². The Morgan fingerprint density at radius 1 is 1.09 bits per heavy atom. The number of fused-ring (bicyclic) bond motifs is 1. The van der Waals surface area contributed by atoms with Gasteiger partial charge in [-0.15, -0.1) is 0 Å². The molecule has 2 aliphatic heterocycles. The minimum absolute atomic E-state index is 0.0512. The highest BCUT2D eigenvalue weighted by Crippen LogP contribution is 2.29. The van der Waals surface area contributed by atoms with Crippen LogP contribution in [0.1, 0.15) is 42.4 Å². The number of methoxy groups -OCH3 is 1. The largest absolute Gasteiger partial charge is 0.496 e. The number of amides is 1. The van der Waals surface area contributed by atoms with E-state index in [0.717, 1.165) is 47.3 Å². The second-order valence-electron chi connectivity index (χ2n) is 8.35. The van der Waals surface area contributed by atoms with Gasteiger partial charge >= 0.3 is 5.97 Å². The van der Waals surface area contributed by atoms with Crippen molar-refractivity contribution >= 4 is 17.7 Å². The van der Waals surface area contributed by atoms with Crippen molar-refractivity contribution in [1.29, 1.82) is 0 Å². The Hall–Kier alpha value is -3.20. The third-order valence-corrected chi connectivity index (χ3v) is 6.14. The second-order valence-corrected chi connectivity index (χ2v) is 8.35. The number of aromatic nitrogens is 2. The van der Waals surface area contributed by atoms with Crippen molar-refractivity contribution in [3.63, 3.8) is 0 Å². The van der Waals surface area contributed by atoms with Crippen molar-refractivity contribution in [2.24, 2.45) is 0 Å². The second kappa shape index (κ2) is 11.3. The fraction of sp³-hybridized carbons (Fsp3) is 0.520. The van der Waals surface area contributed by atoms with Gasteiger partial charge < -0.3 is 24.0 Å². The van der Waals surface area contributed by atoms with E-state index in [2.05, 4.69) is 4.90 Å².